The van der Waals surface area contributed by atoms with Gasteiger partial charge in [0.2, 0.25) is 5.91 Å². The number of para-hydroxylation sites is 1. The Morgan fingerprint density at radius 1 is 1.16 bits per heavy atom. The third-order valence-corrected chi connectivity index (χ3v) is 4.20. The summed E-state index contributed by atoms with van der Waals surface area (Å²) < 4.78 is 5.69. The first kappa shape index (κ1) is 12.5. The molecule has 0 bridgehead atoms. The van der Waals surface area contributed by atoms with E-state index in [1.54, 1.807) is 0 Å². The highest BCUT2D eigenvalue weighted by Crippen LogP contribution is 2.27. The van der Waals surface area contributed by atoms with Crippen molar-refractivity contribution in [3.63, 3.8) is 0 Å². The Morgan fingerprint density at radius 3 is 2.79 bits per heavy atom. The second kappa shape index (κ2) is 5.64. The first-order valence-corrected chi connectivity index (χ1v) is 7.34. The van der Waals surface area contributed by atoms with Gasteiger partial charge < -0.3 is 10.1 Å². The molecule has 3 rings (SSSR count). The number of amides is 1. The summed E-state index contributed by atoms with van der Waals surface area (Å²) in [5.41, 5.74) is 1.15. The first-order valence-electron chi connectivity index (χ1n) is 7.34. The molecule has 3 heteroatoms. The Kier molecular flexibility index (Phi) is 3.72. The van der Waals surface area contributed by atoms with Crippen molar-refractivity contribution >= 4 is 5.91 Å². The van der Waals surface area contributed by atoms with Gasteiger partial charge in [-0.1, -0.05) is 37.5 Å². The SMILES string of the molecule is O=C(NC1CCCCC1)C1COc2ccccc2C1. The van der Waals surface area contributed by atoms with Gasteiger partial charge in [0.1, 0.15) is 12.4 Å². The number of hydrogen-bond acceptors (Lipinski definition) is 2. The van der Waals surface area contributed by atoms with Crippen molar-refractivity contribution in [2.75, 3.05) is 6.61 Å². The van der Waals surface area contributed by atoms with Gasteiger partial charge in [0.05, 0.1) is 5.92 Å². The summed E-state index contributed by atoms with van der Waals surface area (Å²) in [6.45, 7) is 0.509. The van der Waals surface area contributed by atoms with E-state index in [2.05, 4.69) is 11.4 Å². The van der Waals surface area contributed by atoms with Gasteiger partial charge in [-0.15, -0.1) is 0 Å². The normalized spacial score (nSPS) is 23.3. The fourth-order valence-corrected chi connectivity index (χ4v) is 3.06. The minimum absolute atomic E-state index is 0.0307. The topological polar surface area (TPSA) is 38.3 Å². The summed E-state index contributed by atoms with van der Waals surface area (Å²) in [4.78, 5) is 12.3. The molecule has 0 aromatic heterocycles. The average Bonchev–Trinajstić information content (AvgIpc) is 2.48. The van der Waals surface area contributed by atoms with Crippen molar-refractivity contribution in [3.05, 3.63) is 29.8 Å². The van der Waals surface area contributed by atoms with Crippen LogP contribution >= 0.6 is 0 Å². The van der Waals surface area contributed by atoms with Crippen molar-refractivity contribution in [1.29, 1.82) is 0 Å². The van der Waals surface area contributed by atoms with Gasteiger partial charge in [-0.25, -0.2) is 0 Å². The van der Waals surface area contributed by atoms with Crippen molar-refractivity contribution in [3.8, 4) is 5.75 Å². The molecular weight excluding hydrogens is 238 g/mol. The zero-order chi connectivity index (χ0) is 13.1. The lowest BCUT2D eigenvalue weighted by Gasteiger charge is -2.28. The summed E-state index contributed by atoms with van der Waals surface area (Å²) in [7, 11) is 0. The molecule has 102 valence electrons. The van der Waals surface area contributed by atoms with Crippen LogP contribution in [0.3, 0.4) is 0 Å². The minimum Gasteiger partial charge on any atom is -0.492 e. The monoisotopic (exact) mass is 259 g/mol. The summed E-state index contributed by atoms with van der Waals surface area (Å²) in [6.07, 6.45) is 6.87. The molecule has 0 radical (unpaired) electrons. The summed E-state index contributed by atoms with van der Waals surface area (Å²) in [5, 5.41) is 3.20. The fourth-order valence-electron chi connectivity index (χ4n) is 3.06. The largest absolute Gasteiger partial charge is 0.492 e. The smallest absolute Gasteiger partial charge is 0.227 e. The Bertz CT molecular complexity index is 452. The predicted octanol–water partition coefficient (Wildman–Crippen LogP) is 2.69. The van der Waals surface area contributed by atoms with Gasteiger partial charge in [0, 0.05) is 6.04 Å². The number of fused-ring (bicyclic) bond motifs is 1. The lowest BCUT2D eigenvalue weighted by Crippen LogP contribution is -2.43. The molecular formula is C16H21NO2. The van der Waals surface area contributed by atoms with Crippen molar-refractivity contribution in [2.24, 2.45) is 5.92 Å². The molecule has 1 heterocycles. The maximum atomic E-state index is 12.3. The average molecular weight is 259 g/mol. The van der Waals surface area contributed by atoms with Crippen LogP contribution in [-0.2, 0) is 11.2 Å². The van der Waals surface area contributed by atoms with E-state index >= 15 is 0 Å². The molecule has 1 saturated carbocycles. The molecule has 0 saturated heterocycles. The number of benzene rings is 1. The van der Waals surface area contributed by atoms with Crippen LogP contribution in [0.1, 0.15) is 37.7 Å². The highest BCUT2D eigenvalue weighted by Gasteiger charge is 2.27. The Labute approximate surface area is 114 Å². The molecule has 19 heavy (non-hydrogen) atoms. The third-order valence-electron chi connectivity index (χ3n) is 4.20. The first-order chi connectivity index (χ1) is 9.33. The molecule has 1 aromatic carbocycles. The highest BCUT2D eigenvalue weighted by atomic mass is 16.5. The molecule has 1 amide bonds. The van der Waals surface area contributed by atoms with Crippen LogP contribution in [-0.4, -0.2) is 18.6 Å². The van der Waals surface area contributed by atoms with Crippen LogP contribution < -0.4 is 10.1 Å². The molecule has 1 N–H and O–H groups in total. The molecule has 3 nitrogen and oxygen atoms in total. The molecule has 2 aliphatic rings. The zero-order valence-corrected chi connectivity index (χ0v) is 11.2. The van der Waals surface area contributed by atoms with Gasteiger partial charge in [0.15, 0.2) is 0 Å². The summed E-state index contributed by atoms with van der Waals surface area (Å²) >= 11 is 0. The lowest BCUT2D eigenvalue weighted by molar-refractivity contribution is -0.127. The maximum absolute atomic E-state index is 12.3. The van der Waals surface area contributed by atoms with E-state index in [1.807, 2.05) is 18.2 Å². The van der Waals surface area contributed by atoms with Crippen LogP contribution in [0, 0.1) is 5.92 Å². The fraction of sp³-hybridized carbons (Fsp3) is 0.562. The van der Waals surface area contributed by atoms with E-state index in [0.29, 0.717) is 12.6 Å². The number of carbonyl (C=O) groups is 1. The Balaban J connectivity index is 1.59. The van der Waals surface area contributed by atoms with Crippen LogP contribution in [0.25, 0.3) is 0 Å². The molecule has 1 aromatic rings. The van der Waals surface area contributed by atoms with E-state index in [9.17, 15) is 4.79 Å². The number of nitrogens with one attached hydrogen (secondary N) is 1. The van der Waals surface area contributed by atoms with E-state index < -0.39 is 0 Å². The van der Waals surface area contributed by atoms with Gasteiger partial charge in [0.25, 0.3) is 0 Å². The minimum atomic E-state index is -0.0307. The number of ether oxygens (including phenoxy) is 1. The van der Waals surface area contributed by atoms with Crippen LogP contribution in [0.2, 0.25) is 0 Å². The van der Waals surface area contributed by atoms with E-state index in [4.69, 9.17) is 4.74 Å². The number of rotatable bonds is 2. The molecule has 1 atom stereocenters. The molecule has 1 aliphatic carbocycles. The van der Waals surface area contributed by atoms with Crippen LogP contribution in [0.4, 0.5) is 0 Å². The zero-order valence-electron chi connectivity index (χ0n) is 11.2. The quantitative estimate of drug-likeness (QED) is 0.886. The van der Waals surface area contributed by atoms with Crippen molar-refractivity contribution < 1.29 is 9.53 Å². The number of hydrogen-bond donors (Lipinski definition) is 1. The van der Waals surface area contributed by atoms with Crippen molar-refractivity contribution in [2.45, 2.75) is 44.6 Å². The van der Waals surface area contributed by atoms with Crippen molar-refractivity contribution in [1.82, 2.24) is 5.32 Å². The maximum Gasteiger partial charge on any atom is 0.227 e. The van der Waals surface area contributed by atoms with Gasteiger partial charge in [-0.05, 0) is 30.9 Å². The molecule has 1 unspecified atom stereocenters. The highest BCUT2D eigenvalue weighted by molar-refractivity contribution is 5.79. The van der Waals surface area contributed by atoms with Gasteiger partial charge in [-0.3, -0.25) is 4.79 Å². The summed E-state index contributed by atoms with van der Waals surface area (Å²) in [5.74, 6) is 1.07. The van der Waals surface area contributed by atoms with Crippen LogP contribution in [0.5, 0.6) is 5.75 Å². The summed E-state index contributed by atoms with van der Waals surface area (Å²) in [6, 6.07) is 8.39. The van der Waals surface area contributed by atoms with E-state index in [-0.39, 0.29) is 11.8 Å². The standard InChI is InChI=1S/C16H21NO2/c18-16(17-14-7-2-1-3-8-14)13-10-12-6-4-5-9-15(12)19-11-13/h4-6,9,13-14H,1-3,7-8,10-11H2,(H,17,18). The van der Waals surface area contributed by atoms with Crippen LogP contribution in [0.15, 0.2) is 24.3 Å². The third kappa shape index (κ3) is 2.91. The van der Waals surface area contributed by atoms with Gasteiger partial charge >= 0.3 is 0 Å². The van der Waals surface area contributed by atoms with E-state index in [1.165, 1.54) is 19.3 Å². The number of carbonyl (C=O) groups excluding carboxylic acids is 1. The van der Waals surface area contributed by atoms with Gasteiger partial charge in [-0.2, -0.15) is 0 Å². The Morgan fingerprint density at radius 2 is 1.95 bits per heavy atom. The molecule has 1 fully saturated rings. The Hall–Kier alpha value is -1.51. The predicted molar refractivity (Wildman–Crippen MR) is 74.1 cm³/mol. The lowest BCUT2D eigenvalue weighted by atomic mass is 9.93. The molecule has 1 aliphatic heterocycles. The van der Waals surface area contributed by atoms with E-state index in [0.717, 1.165) is 30.6 Å². The molecule has 0 spiro atoms. The second-order valence-electron chi connectivity index (χ2n) is 5.66. The second-order valence-corrected chi connectivity index (χ2v) is 5.66.